The molecule has 23 heavy (non-hydrogen) atoms. The highest BCUT2D eigenvalue weighted by molar-refractivity contribution is 5.94. The lowest BCUT2D eigenvalue weighted by molar-refractivity contribution is 0.0939. The number of aromatic amines is 1. The first-order chi connectivity index (χ1) is 11.0. The van der Waals surface area contributed by atoms with Crippen LogP contribution in [0.25, 0.3) is 0 Å². The van der Waals surface area contributed by atoms with E-state index in [0.717, 1.165) is 18.4 Å². The number of fused-ring (bicyclic) bond motifs is 1. The Hall–Kier alpha value is -2.56. The zero-order valence-electron chi connectivity index (χ0n) is 13.1. The lowest BCUT2D eigenvalue weighted by Crippen LogP contribution is -2.27. The van der Waals surface area contributed by atoms with E-state index in [1.165, 1.54) is 36.1 Å². The number of nitrogens with one attached hydrogen (secondary N) is 2. The zero-order valence-corrected chi connectivity index (χ0v) is 13.1. The summed E-state index contributed by atoms with van der Waals surface area (Å²) in [5, 5.41) is 12.3. The van der Waals surface area contributed by atoms with E-state index in [4.69, 9.17) is 0 Å². The maximum Gasteiger partial charge on any atom is 0.252 e. The summed E-state index contributed by atoms with van der Waals surface area (Å²) in [7, 11) is 0. The van der Waals surface area contributed by atoms with Crippen LogP contribution in [0.2, 0.25) is 0 Å². The van der Waals surface area contributed by atoms with E-state index < -0.39 is 5.56 Å². The molecule has 0 aliphatic heterocycles. The quantitative estimate of drug-likeness (QED) is 0.814. The van der Waals surface area contributed by atoms with Gasteiger partial charge in [0.05, 0.1) is 11.6 Å². The van der Waals surface area contributed by atoms with Crippen LogP contribution in [0.3, 0.4) is 0 Å². The van der Waals surface area contributed by atoms with E-state index in [9.17, 15) is 14.7 Å². The molecule has 1 aliphatic carbocycles. The molecular formula is C18H20N2O3. The number of carbonyl (C=O) groups excluding carboxylic acids is 1. The third kappa shape index (κ3) is 3.44. The summed E-state index contributed by atoms with van der Waals surface area (Å²) in [6.45, 7) is 1.91. The minimum Gasteiger partial charge on any atom is -0.494 e. The summed E-state index contributed by atoms with van der Waals surface area (Å²) in [6, 6.07) is 8.60. The summed E-state index contributed by atoms with van der Waals surface area (Å²) < 4.78 is 0. The van der Waals surface area contributed by atoms with Crippen LogP contribution in [0.1, 0.15) is 52.9 Å². The fraction of sp³-hybridized carbons (Fsp3) is 0.333. The fourth-order valence-electron chi connectivity index (χ4n) is 3.05. The van der Waals surface area contributed by atoms with Crippen LogP contribution in [0.4, 0.5) is 0 Å². The van der Waals surface area contributed by atoms with Gasteiger partial charge in [0.2, 0.25) is 0 Å². The van der Waals surface area contributed by atoms with E-state index in [-0.39, 0.29) is 23.4 Å². The summed E-state index contributed by atoms with van der Waals surface area (Å²) >= 11 is 0. The van der Waals surface area contributed by atoms with Crippen molar-refractivity contribution in [2.75, 3.05) is 0 Å². The standard InChI is InChI=1S/C18H20N2O3/c1-11(13-7-6-12-4-2-3-5-14(12)8-13)19-18(23)15-9-16(21)20-17(22)10-15/h6-11H,2-5H2,1H3,(H,19,23)(H2,20,21,22). The second-order valence-electron chi connectivity index (χ2n) is 6.05. The maximum atomic E-state index is 12.2. The van der Waals surface area contributed by atoms with Gasteiger partial charge in [-0.2, -0.15) is 0 Å². The van der Waals surface area contributed by atoms with Crippen LogP contribution in [-0.2, 0) is 12.8 Å². The number of carbonyl (C=O) groups is 1. The number of amides is 1. The molecule has 3 N–H and O–H groups in total. The number of rotatable bonds is 3. The molecule has 1 aromatic carbocycles. The molecule has 3 rings (SSSR count). The number of benzene rings is 1. The molecule has 1 heterocycles. The Morgan fingerprint density at radius 1 is 1.17 bits per heavy atom. The van der Waals surface area contributed by atoms with Crippen molar-refractivity contribution in [3.63, 3.8) is 0 Å². The molecule has 0 radical (unpaired) electrons. The molecule has 2 aromatic rings. The summed E-state index contributed by atoms with van der Waals surface area (Å²) in [4.78, 5) is 25.8. The van der Waals surface area contributed by atoms with Crippen molar-refractivity contribution >= 4 is 5.91 Å². The van der Waals surface area contributed by atoms with Gasteiger partial charge in [0.1, 0.15) is 0 Å². The van der Waals surface area contributed by atoms with Gasteiger partial charge in [-0.25, -0.2) is 0 Å². The molecule has 0 spiro atoms. The monoisotopic (exact) mass is 312 g/mol. The van der Waals surface area contributed by atoms with Gasteiger partial charge in [-0.1, -0.05) is 18.2 Å². The Kier molecular flexibility index (Phi) is 4.19. The Bertz CT molecular complexity index is 795. The van der Waals surface area contributed by atoms with Gasteiger partial charge >= 0.3 is 0 Å². The molecule has 1 aliphatic rings. The van der Waals surface area contributed by atoms with Crippen LogP contribution in [0.15, 0.2) is 35.1 Å². The molecule has 1 amide bonds. The van der Waals surface area contributed by atoms with E-state index in [1.54, 1.807) is 0 Å². The highest BCUT2D eigenvalue weighted by atomic mass is 16.3. The van der Waals surface area contributed by atoms with Crippen LogP contribution < -0.4 is 10.9 Å². The molecule has 5 heteroatoms. The van der Waals surface area contributed by atoms with Gasteiger partial charge in [-0.05, 0) is 49.3 Å². The molecule has 0 saturated heterocycles. The molecule has 0 saturated carbocycles. The van der Waals surface area contributed by atoms with E-state index in [0.29, 0.717) is 0 Å². The summed E-state index contributed by atoms with van der Waals surface area (Å²) in [5.41, 5.74) is 3.46. The highest BCUT2D eigenvalue weighted by Crippen LogP contribution is 2.25. The van der Waals surface area contributed by atoms with Crippen molar-refractivity contribution in [3.8, 4) is 5.88 Å². The van der Waals surface area contributed by atoms with Gasteiger partial charge in [-0.3, -0.25) is 14.6 Å². The number of hydrogen-bond donors (Lipinski definition) is 3. The normalized spacial score (nSPS) is 14.8. The molecule has 1 atom stereocenters. The number of hydrogen-bond acceptors (Lipinski definition) is 3. The first kappa shape index (κ1) is 15.3. The number of aryl methyl sites for hydroxylation is 2. The smallest absolute Gasteiger partial charge is 0.252 e. The molecule has 0 fully saturated rings. The summed E-state index contributed by atoms with van der Waals surface area (Å²) in [5.74, 6) is -0.694. The Labute approximate surface area is 134 Å². The highest BCUT2D eigenvalue weighted by Gasteiger charge is 2.15. The molecular weight excluding hydrogens is 292 g/mol. The van der Waals surface area contributed by atoms with Gasteiger partial charge in [0, 0.05) is 12.1 Å². The fourth-order valence-corrected chi connectivity index (χ4v) is 3.05. The van der Waals surface area contributed by atoms with Crippen LogP contribution in [-0.4, -0.2) is 16.0 Å². The molecule has 1 unspecified atom stereocenters. The predicted molar refractivity (Wildman–Crippen MR) is 87.7 cm³/mol. The summed E-state index contributed by atoms with van der Waals surface area (Å²) in [6.07, 6.45) is 4.67. The van der Waals surface area contributed by atoms with Crippen molar-refractivity contribution < 1.29 is 9.90 Å². The molecule has 0 bridgehead atoms. The first-order valence-electron chi connectivity index (χ1n) is 7.89. The van der Waals surface area contributed by atoms with Crippen LogP contribution in [0.5, 0.6) is 5.88 Å². The average molecular weight is 312 g/mol. The van der Waals surface area contributed by atoms with E-state index in [1.807, 2.05) is 13.0 Å². The van der Waals surface area contributed by atoms with Crippen LogP contribution in [0, 0.1) is 0 Å². The number of aromatic nitrogens is 1. The van der Waals surface area contributed by atoms with Crippen molar-refractivity contribution in [1.29, 1.82) is 0 Å². The third-order valence-corrected chi connectivity index (χ3v) is 4.31. The number of H-pyrrole nitrogens is 1. The lowest BCUT2D eigenvalue weighted by atomic mass is 9.89. The van der Waals surface area contributed by atoms with Crippen molar-refractivity contribution in [2.24, 2.45) is 0 Å². The van der Waals surface area contributed by atoms with Gasteiger partial charge in [-0.15, -0.1) is 0 Å². The predicted octanol–water partition coefficient (Wildman–Crippen LogP) is 2.45. The van der Waals surface area contributed by atoms with Crippen molar-refractivity contribution in [3.05, 3.63) is 62.9 Å². The minimum atomic E-state index is -0.503. The number of pyridine rings is 1. The Morgan fingerprint density at radius 3 is 2.65 bits per heavy atom. The second-order valence-corrected chi connectivity index (χ2v) is 6.05. The topological polar surface area (TPSA) is 82.2 Å². The SMILES string of the molecule is CC(NC(=O)c1cc(O)[nH]c(=O)c1)c1ccc2c(c1)CCCC2. The maximum absolute atomic E-state index is 12.2. The van der Waals surface area contributed by atoms with Crippen LogP contribution >= 0.6 is 0 Å². The average Bonchev–Trinajstić information content (AvgIpc) is 2.53. The second kappa shape index (κ2) is 6.28. The Balaban J connectivity index is 1.77. The Morgan fingerprint density at radius 2 is 1.91 bits per heavy atom. The largest absolute Gasteiger partial charge is 0.494 e. The molecule has 5 nitrogen and oxygen atoms in total. The van der Waals surface area contributed by atoms with Crippen molar-refractivity contribution in [1.82, 2.24) is 10.3 Å². The van der Waals surface area contributed by atoms with Gasteiger partial charge < -0.3 is 10.4 Å². The zero-order chi connectivity index (χ0) is 16.4. The van der Waals surface area contributed by atoms with E-state index >= 15 is 0 Å². The van der Waals surface area contributed by atoms with E-state index in [2.05, 4.69) is 22.4 Å². The first-order valence-corrected chi connectivity index (χ1v) is 7.89. The van der Waals surface area contributed by atoms with Crippen molar-refractivity contribution in [2.45, 2.75) is 38.6 Å². The number of aromatic hydroxyl groups is 1. The lowest BCUT2D eigenvalue weighted by Gasteiger charge is -2.20. The van der Waals surface area contributed by atoms with Gasteiger partial charge in [0.25, 0.3) is 11.5 Å². The molecule has 1 aromatic heterocycles. The minimum absolute atomic E-state index is 0.149. The van der Waals surface area contributed by atoms with Gasteiger partial charge in [0.15, 0.2) is 5.88 Å². The third-order valence-electron chi connectivity index (χ3n) is 4.31. The molecule has 120 valence electrons.